The topological polar surface area (TPSA) is 84.0 Å². The first-order chi connectivity index (χ1) is 17.0. The van der Waals surface area contributed by atoms with Crippen LogP contribution in [0.4, 0.5) is 10.2 Å². The molecule has 2 bridgehead atoms. The maximum atomic E-state index is 13.2. The van der Waals surface area contributed by atoms with Gasteiger partial charge in [0.1, 0.15) is 23.5 Å². The summed E-state index contributed by atoms with van der Waals surface area (Å²) in [5.41, 5.74) is 0.349. The minimum atomic E-state index is -0.296. The molecule has 3 fully saturated rings. The van der Waals surface area contributed by atoms with Gasteiger partial charge in [-0.2, -0.15) is 0 Å². The first-order valence-electron chi connectivity index (χ1n) is 12.0. The van der Waals surface area contributed by atoms with Crippen molar-refractivity contribution in [3.63, 3.8) is 0 Å². The number of anilines is 1. The fraction of sp³-hybridized carbons (Fsp3) is 0.480. The molecule has 1 aromatic heterocycles. The largest absolute Gasteiger partial charge is 0.490 e. The molecule has 2 amide bonds. The molecule has 1 N–H and O–H groups in total. The van der Waals surface area contributed by atoms with Crippen molar-refractivity contribution >= 4 is 29.2 Å². The highest BCUT2D eigenvalue weighted by Gasteiger charge is 2.43. The molecule has 1 unspecified atom stereocenters. The predicted octanol–water partition coefficient (Wildman–Crippen LogP) is 3.36. The second kappa shape index (κ2) is 10.4. The molecule has 1 aromatic carbocycles. The molecule has 0 radical (unpaired) electrons. The van der Waals surface area contributed by atoms with Crippen molar-refractivity contribution in [1.82, 2.24) is 14.8 Å². The number of carbonyl (C=O) groups is 2. The minimum absolute atomic E-state index is 0.00866. The lowest BCUT2D eigenvalue weighted by Crippen LogP contribution is -2.51. The van der Waals surface area contributed by atoms with Gasteiger partial charge in [0.15, 0.2) is 0 Å². The molecule has 8 nitrogen and oxygen atoms in total. The van der Waals surface area contributed by atoms with E-state index in [0.29, 0.717) is 48.5 Å². The second-order valence-electron chi connectivity index (χ2n) is 9.16. The molecule has 3 saturated heterocycles. The highest BCUT2D eigenvalue weighted by Crippen LogP contribution is 2.37. The van der Waals surface area contributed by atoms with Gasteiger partial charge in [0.05, 0.1) is 30.3 Å². The second-order valence-corrected chi connectivity index (χ2v) is 9.60. The number of carbonyl (C=O) groups excluding carboxylic acids is 2. The Kier molecular flexibility index (Phi) is 7.06. The maximum absolute atomic E-state index is 13.2. The molecular weight excluding hydrogens is 475 g/mol. The van der Waals surface area contributed by atoms with Gasteiger partial charge in [0, 0.05) is 44.2 Å². The third kappa shape index (κ3) is 5.36. The van der Waals surface area contributed by atoms with E-state index in [1.165, 1.54) is 18.3 Å². The van der Waals surface area contributed by atoms with E-state index < -0.39 is 0 Å². The number of rotatable bonds is 6. The van der Waals surface area contributed by atoms with Crippen LogP contribution in [-0.2, 0) is 9.53 Å². The lowest BCUT2D eigenvalue weighted by Gasteiger charge is -2.39. The summed E-state index contributed by atoms with van der Waals surface area (Å²) in [6.07, 6.45) is 4.79. The Balaban J connectivity index is 1.21. The molecule has 0 spiro atoms. The van der Waals surface area contributed by atoms with Crippen LogP contribution in [0.5, 0.6) is 5.75 Å². The van der Waals surface area contributed by atoms with Gasteiger partial charge in [0.2, 0.25) is 5.91 Å². The van der Waals surface area contributed by atoms with Gasteiger partial charge in [-0.1, -0.05) is 11.6 Å². The lowest BCUT2D eigenvalue weighted by atomic mass is 9.99. The van der Waals surface area contributed by atoms with Crippen LogP contribution in [0, 0.1) is 5.82 Å². The van der Waals surface area contributed by atoms with Crippen molar-refractivity contribution < 1.29 is 23.5 Å². The Hall–Kier alpha value is -2.91. The van der Waals surface area contributed by atoms with Crippen molar-refractivity contribution in [3.05, 3.63) is 52.9 Å². The zero-order valence-electron chi connectivity index (χ0n) is 19.3. The molecule has 3 atom stereocenters. The molecule has 186 valence electrons. The lowest BCUT2D eigenvalue weighted by molar-refractivity contribution is -0.135. The molecule has 3 aliphatic rings. The number of ether oxygens (including phenoxy) is 2. The first kappa shape index (κ1) is 23.8. The molecule has 2 aromatic rings. The molecule has 5 rings (SSSR count). The van der Waals surface area contributed by atoms with Crippen LogP contribution in [0.2, 0.25) is 5.02 Å². The van der Waals surface area contributed by atoms with E-state index in [4.69, 9.17) is 21.1 Å². The van der Waals surface area contributed by atoms with E-state index in [2.05, 4.69) is 10.3 Å². The summed E-state index contributed by atoms with van der Waals surface area (Å²) in [6, 6.07) is 7.82. The van der Waals surface area contributed by atoms with Crippen molar-refractivity contribution in [3.8, 4) is 5.75 Å². The average Bonchev–Trinajstić information content (AvgIpc) is 3.15. The fourth-order valence-corrected chi connectivity index (χ4v) is 5.42. The molecular formula is C25H28ClFN4O4. The van der Waals surface area contributed by atoms with Gasteiger partial charge >= 0.3 is 0 Å². The third-order valence-corrected chi connectivity index (χ3v) is 7.09. The van der Waals surface area contributed by atoms with Gasteiger partial charge in [-0.25, -0.2) is 9.37 Å². The SMILES string of the molecule is O=C(c1cc(Cl)cnc1NCC(=O)N1[C@@H]2CC[C@H]1CC(Oc1ccc(F)cc1)C2)N1CCOCC1. The van der Waals surface area contributed by atoms with Crippen LogP contribution >= 0.6 is 11.6 Å². The molecule has 4 heterocycles. The van der Waals surface area contributed by atoms with Gasteiger partial charge in [-0.05, 0) is 43.2 Å². The first-order valence-corrected chi connectivity index (χ1v) is 12.4. The zero-order chi connectivity index (χ0) is 24.4. The fourth-order valence-electron chi connectivity index (χ4n) is 5.27. The Labute approximate surface area is 208 Å². The number of aromatic nitrogens is 1. The van der Waals surface area contributed by atoms with Crippen LogP contribution in [0.15, 0.2) is 36.5 Å². The van der Waals surface area contributed by atoms with Crippen LogP contribution in [0.25, 0.3) is 0 Å². The molecule has 0 aliphatic carbocycles. The van der Waals surface area contributed by atoms with E-state index in [0.717, 1.165) is 25.7 Å². The number of fused-ring (bicyclic) bond motifs is 2. The van der Waals surface area contributed by atoms with Gasteiger partial charge < -0.3 is 24.6 Å². The van der Waals surface area contributed by atoms with Crippen molar-refractivity contribution in [2.24, 2.45) is 0 Å². The number of halogens is 2. The Morgan fingerprint density at radius 3 is 2.51 bits per heavy atom. The average molecular weight is 503 g/mol. The van der Waals surface area contributed by atoms with Crippen LogP contribution in [0.1, 0.15) is 36.0 Å². The summed E-state index contributed by atoms with van der Waals surface area (Å²) in [5, 5.41) is 3.44. The number of hydrogen-bond acceptors (Lipinski definition) is 6. The molecule has 3 aliphatic heterocycles. The normalized spacial score (nSPS) is 23.8. The summed E-state index contributed by atoms with van der Waals surface area (Å²) >= 11 is 6.12. The number of pyridine rings is 1. The third-order valence-electron chi connectivity index (χ3n) is 6.88. The number of piperidine rings is 1. The highest BCUT2D eigenvalue weighted by atomic mass is 35.5. The van der Waals surface area contributed by atoms with E-state index >= 15 is 0 Å². The van der Waals surface area contributed by atoms with E-state index in [9.17, 15) is 14.0 Å². The quantitative estimate of drug-likeness (QED) is 0.652. The summed E-state index contributed by atoms with van der Waals surface area (Å²) in [5.74, 6) is 0.483. The summed E-state index contributed by atoms with van der Waals surface area (Å²) in [4.78, 5) is 34.2. The summed E-state index contributed by atoms with van der Waals surface area (Å²) in [7, 11) is 0. The van der Waals surface area contributed by atoms with Crippen molar-refractivity contribution in [2.75, 3.05) is 38.2 Å². The van der Waals surface area contributed by atoms with Gasteiger partial charge in [-0.15, -0.1) is 0 Å². The van der Waals surface area contributed by atoms with Gasteiger partial charge in [-0.3, -0.25) is 9.59 Å². The zero-order valence-corrected chi connectivity index (χ0v) is 20.0. The van der Waals surface area contributed by atoms with E-state index in [-0.39, 0.29) is 42.4 Å². The number of morpholine rings is 1. The summed E-state index contributed by atoms with van der Waals surface area (Å²) < 4.78 is 24.6. The number of nitrogens with zero attached hydrogens (tertiary/aromatic N) is 3. The summed E-state index contributed by atoms with van der Waals surface area (Å²) in [6.45, 7) is 2.02. The molecule has 35 heavy (non-hydrogen) atoms. The van der Waals surface area contributed by atoms with E-state index in [1.807, 2.05) is 4.90 Å². The van der Waals surface area contributed by atoms with Crippen LogP contribution in [-0.4, -0.2) is 77.6 Å². The van der Waals surface area contributed by atoms with Crippen LogP contribution < -0.4 is 10.1 Å². The monoisotopic (exact) mass is 502 g/mol. The Morgan fingerprint density at radius 2 is 1.83 bits per heavy atom. The Bertz CT molecular complexity index is 1070. The smallest absolute Gasteiger partial charge is 0.257 e. The van der Waals surface area contributed by atoms with Gasteiger partial charge in [0.25, 0.3) is 5.91 Å². The number of nitrogens with one attached hydrogen (secondary N) is 1. The number of hydrogen-bond donors (Lipinski definition) is 1. The minimum Gasteiger partial charge on any atom is -0.490 e. The maximum Gasteiger partial charge on any atom is 0.257 e. The van der Waals surface area contributed by atoms with Crippen LogP contribution in [0.3, 0.4) is 0 Å². The highest BCUT2D eigenvalue weighted by molar-refractivity contribution is 6.31. The molecule has 0 saturated carbocycles. The Morgan fingerprint density at radius 1 is 1.14 bits per heavy atom. The van der Waals surface area contributed by atoms with E-state index in [1.54, 1.807) is 23.1 Å². The number of amides is 2. The van der Waals surface area contributed by atoms with Crippen molar-refractivity contribution in [1.29, 1.82) is 0 Å². The number of benzene rings is 1. The van der Waals surface area contributed by atoms with Crippen molar-refractivity contribution in [2.45, 2.75) is 43.9 Å². The standard InChI is InChI=1S/C25H28ClFN4O4/c26-16-11-22(25(33)30-7-9-34-10-8-30)24(28-14-16)29-15-23(32)31-18-3-4-19(31)13-21(12-18)35-20-5-1-17(27)2-6-20/h1-2,5-6,11,14,18-19,21H,3-4,7-10,12-13,15H2,(H,28,29)/t18-,19+,21?. The molecule has 10 heteroatoms. The predicted molar refractivity (Wildman–Crippen MR) is 128 cm³/mol.